The fourth-order valence-electron chi connectivity index (χ4n) is 2.86. The molecule has 0 spiro atoms. The minimum absolute atomic E-state index is 0.101. The molecule has 0 aromatic rings. The Morgan fingerprint density at radius 2 is 1.03 bits per heavy atom. The van der Waals surface area contributed by atoms with E-state index in [1.165, 1.54) is 0 Å². The Hall–Kier alpha value is 0.0800. The fraction of sp³-hybridized carbons (Fsp3) is 0.889. The summed E-state index contributed by atoms with van der Waals surface area (Å²) in [6.45, 7) is 5.92. The lowest BCUT2D eigenvalue weighted by Crippen LogP contribution is -2.46. The monoisotopic (exact) mass is 502 g/mol. The topological polar surface area (TPSA) is 89.5 Å². The lowest BCUT2D eigenvalue weighted by molar-refractivity contribution is -0.150. The molecule has 2 saturated heterocycles. The summed E-state index contributed by atoms with van der Waals surface area (Å²) >= 11 is 11.5. The van der Waals surface area contributed by atoms with Gasteiger partial charge in [-0.2, -0.15) is 0 Å². The van der Waals surface area contributed by atoms with E-state index in [4.69, 9.17) is 51.2 Å². The van der Waals surface area contributed by atoms with Gasteiger partial charge in [0.05, 0.1) is 39.6 Å². The zero-order valence-electron chi connectivity index (χ0n) is 18.4. The quantitative estimate of drug-likeness (QED) is 0.380. The maximum absolute atomic E-state index is 13.1. The second kappa shape index (κ2) is 9.92. The summed E-state index contributed by atoms with van der Waals surface area (Å²) in [5, 5.41) is 0. The molecule has 2 heterocycles. The van der Waals surface area contributed by atoms with Crippen molar-refractivity contribution >= 4 is 48.5 Å². The lowest BCUT2D eigenvalue weighted by Gasteiger charge is -2.44. The Kier molecular flexibility index (Phi) is 8.71. The summed E-state index contributed by atoms with van der Waals surface area (Å²) in [5.41, 5.74) is -3.09. The molecule has 0 aromatic heterocycles. The Morgan fingerprint density at radius 1 is 0.767 bits per heavy atom. The number of esters is 2. The molecule has 2 atom stereocenters. The smallest absolute Gasteiger partial charge is 0.320 e. The number of hydrogen-bond donors (Lipinski definition) is 0. The van der Waals surface area contributed by atoms with Crippen molar-refractivity contribution in [2.75, 3.05) is 39.6 Å². The lowest BCUT2D eigenvalue weighted by atomic mass is 9.97. The predicted molar refractivity (Wildman–Crippen MR) is 121 cm³/mol. The van der Waals surface area contributed by atoms with Gasteiger partial charge in [0.2, 0.25) is 13.0 Å². The van der Waals surface area contributed by atoms with Crippen LogP contribution in [0, 0.1) is 10.8 Å². The van der Waals surface area contributed by atoms with E-state index in [2.05, 4.69) is 0 Å². The molecular weight excluding hydrogens is 470 g/mol. The zero-order chi connectivity index (χ0) is 22.8. The van der Waals surface area contributed by atoms with Crippen LogP contribution >= 0.6 is 13.0 Å². The first-order valence-corrected chi connectivity index (χ1v) is 15.3. The van der Waals surface area contributed by atoms with Crippen molar-refractivity contribution in [3.63, 3.8) is 0 Å². The molecule has 0 bridgehead atoms. The van der Waals surface area contributed by atoms with Crippen LogP contribution in [0.5, 0.6) is 0 Å². The van der Waals surface area contributed by atoms with Crippen molar-refractivity contribution in [3.05, 3.63) is 0 Å². The Morgan fingerprint density at radius 3 is 1.27 bits per heavy atom. The van der Waals surface area contributed by atoms with Gasteiger partial charge in [-0.3, -0.25) is 9.59 Å². The molecule has 0 radical (unpaired) electrons. The van der Waals surface area contributed by atoms with Crippen molar-refractivity contribution in [1.82, 2.24) is 0 Å². The number of ether oxygens (including phenoxy) is 2. The first kappa shape index (κ1) is 26.3. The van der Waals surface area contributed by atoms with Crippen LogP contribution in [-0.2, 0) is 60.8 Å². The Labute approximate surface area is 189 Å². The fourth-order valence-corrected chi connectivity index (χ4v) is 10.8. The van der Waals surface area contributed by atoms with Crippen LogP contribution in [0.25, 0.3) is 0 Å². The van der Waals surface area contributed by atoms with Crippen LogP contribution in [0.1, 0.15) is 41.5 Å². The van der Waals surface area contributed by atoms with E-state index in [0.29, 0.717) is 0 Å². The van der Waals surface area contributed by atoms with Gasteiger partial charge in [-0.05, 0) is 37.5 Å². The van der Waals surface area contributed by atoms with Gasteiger partial charge in [-0.25, -0.2) is 0 Å². The van der Waals surface area contributed by atoms with Crippen LogP contribution in [0.3, 0.4) is 0 Å². The van der Waals surface area contributed by atoms with Crippen molar-refractivity contribution < 1.29 is 37.2 Å². The van der Waals surface area contributed by atoms with E-state index in [0.717, 1.165) is 0 Å². The van der Waals surface area contributed by atoms with E-state index in [1.807, 2.05) is 27.7 Å². The van der Waals surface area contributed by atoms with Crippen molar-refractivity contribution in [2.24, 2.45) is 10.8 Å². The van der Waals surface area contributed by atoms with Crippen LogP contribution in [0.4, 0.5) is 0 Å². The van der Waals surface area contributed by atoms with E-state index in [1.54, 1.807) is 13.8 Å². The standard InChI is InChI=1S/C18H32O8P2S2/c1-7-21-15(19)13(27(29)23-9-17(3,4)10-24-27)14(16(20)22-8-2)28(30)25-11-18(5,6)12-26-28/h13-14H,7-12H2,1-6H3/t13-,14+. The van der Waals surface area contributed by atoms with Gasteiger partial charge in [0, 0.05) is 10.8 Å². The second-order valence-electron chi connectivity index (χ2n) is 8.90. The van der Waals surface area contributed by atoms with E-state index in [9.17, 15) is 9.59 Å². The highest BCUT2D eigenvalue weighted by molar-refractivity contribution is 8.13. The average molecular weight is 503 g/mol. The normalized spacial score (nSPS) is 26.2. The summed E-state index contributed by atoms with van der Waals surface area (Å²) in [7, 11) is 0. The van der Waals surface area contributed by atoms with Gasteiger partial charge in [-0.15, -0.1) is 0 Å². The molecule has 0 saturated carbocycles. The summed E-state index contributed by atoms with van der Waals surface area (Å²) in [4.78, 5) is 26.2. The van der Waals surface area contributed by atoms with Crippen molar-refractivity contribution in [1.29, 1.82) is 0 Å². The molecule has 0 unspecified atom stereocenters. The van der Waals surface area contributed by atoms with Crippen LogP contribution < -0.4 is 0 Å². The molecule has 2 rings (SSSR count). The molecule has 30 heavy (non-hydrogen) atoms. The molecular formula is C18H32O8P2S2. The molecule has 0 aliphatic carbocycles. The average Bonchev–Trinajstić information content (AvgIpc) is 2.65. The zero-order valence-corrected chi connectivity index (χ0v) is 21.8. The molecule has 2 aliphatic rings. The number of rotatable bonds is 7. The maximum atomic E-state index is 13.1. The molecule has 2 aliphatic heterocycles. The molecule has 174 valence electrons. The van der Waals surface area contributed by atoms with E-state index < -0.39 is 36.2 Å². The summed E-state index contributed by atoms with van der Waals surface area (Å²) in [5.74, 6) is -1.42. The van der Waals surface area contributed by atoms with Gasteiger partial charge >= 0.3 is 11.9 Å². The summed E-state index contributed by atoms with van der Waals surface area (Å²) in [6.07, 6.45) is 0. The minimum atomic E-state index is -3.31. The van der Waals surface area contributed by atoms with Crippen LogP contribution in [0.2, 0.25) is 0 Å². The number of carbonyl (C=O) groups excluding carboxylic acids is 2. The first-order chi connectivity index (χ1) is 13.8. The highest BCUT2D eigenvalue weighted by atomic mass is 32.5. The van der Waals surface area contributed by atoms with Gasteiger partial charge in [0.25, 0.3) is 0 Å². The molecule has 2 fully saturated rings. The van der Waals surface area contributed by atoms with Gasteiger partial charge in [-0.1, -0.05) is 27.7 Å². The molecule has 8 nitrogen and oxygen atoms in total. The third-order valence-corrected chi connectivity index (χ3v) is 11.8. The Balaban J connectivity index is 2.51. The first-order valence-electron chi connectivity index (χ1n) is 9.90. The Bertz CT molecular complexity index is 664. The molecule has 0 aromatic carbocycles. The molecule has 0 amide bonds. The third-order valence-electron chi connectivity index (χ3n) is 4.58. The second-order valence-corrected chi connectivity index (χ2v) is 16.3. The predicted octanol–water partition coefficient (Wildman–Crippen LogP) is 3.61. The largest absolute Gasteiger partial charge is 0.465 e. The van der Waals surface area contributed by atoms with Gasteiger partial charge < -0.3 is 27.6 Å². The van der Waals surface area contributed by atoms with Gasteiger partial charge in [0.1, 0.15) is 0 Å². The van der Waals surface area contributed by atoms with E-state index >= 15 is 0 Å². The third kappa shape index (κ3) is 6.10. The van der Waals surface area contributed by atoms with Crippen LogP contribution in [0.15, 0.2) is 0 Å². The van der Waals surface area contributed by atoms with Crippen molar-refractivity contribution in [3.8, 4) is 0 Å². The van der Waals surface area contributed by atoms with Gasteiger partial charge in [0.15, 0.2) is 11.3 Å². The summed E-state index contributed by atoms with van der Waals surface area (Å²) < 4.78 is 34.4. The highest BCUT2D eigenvalue weighted by Gasteiger charge is 2.58. The number of hydrogen-bond acceptors (Lipinski definition) is 10. The summed E-state index contributed by atoms with van der Waals surface area (Å²) in [6, 6.07) is 0. The number of carbonyl (C=O) groups is 2. The van der Waals surface area contributed by atoms with Crippen LogP contribution in [-0.4, -0.2) is 62.9 Å². The van der Waals surface area contributed by atoms with Crippen molar-refractivity contribution in [2.45, 2.75) is 52.9 Å². The van der Waals surface area contributed by atoms with E-state index in [-0.39, 0.29) is 50.5 Å². The minimum Gasteiger partial charge on any atom is -0.465 e. The SMILES string of the molecule is CCOC(=O)[C@H]([C@H](C(=O)OCC)P1(=S)OCC(C)(C)CO1)P1(=S)OCC(C)(C)CO1. The molecule has 0 N–H and O–H groups in total. The highest BCUT2D eigenvalue weighted by Crippen LogP contribution is 2.68. The molecule has 12 heteroatoms. The maximum Gasteiger partial charge on any atom is 0.320 e.